The Labute approximate surface area is 124 Å². The first-order valence-electron chi connectivity index (χ1n) is 7.41. The van der Waals surface area contributed by atoms with Crippen molar-refractivity contribution in [3.8, 4) is 0 Å². The van der Waals surface area contributed by atoms with Crippen LogP contribution < -0.4 is 10.6 Å². The lowest BCUT2D eigenvalue weighted by Crippen LogP contribution is -2.30. The number of anilines is 1. The number of carbonyl (C=O) groups is 2. The molecule has 0 bridgehead atoms. The first-order valence-corrected chi connectivity index (χ1v) is 7.41. The van der Waals surface area contributed by atoms with Crippen molar-refractivity contribution in [1.29, 1.82) is 0 Å². The molecule has 0 aromatic heterocycles. The summed E-state index contributed by atoms with van der Waals surface area (Å²) < 4.78 is 0. The molecule has 2 rings (SSSR count). The maximum Gasteiger partial charge on any atom is 0.335 e. The lowest BCUT2D eigenvalue weighted by atomic mass is 9.94. The second-order valence-corrected chi connectivity index (χ2v) is 5.63. The zero-order chi connectivity index (χ0) is 15.2. The quantitative estimate of drug-likeness (QED) is 0.778. The molecule has 0 saturated carbocycles. The van der Waals surface area contributed by atoms with Crippen molar-refractivity contribution in [2.45, 2.75) is 32.6 Å². The number of hydrogen-bond acceptors (Lipinski definition) is 3. The zero-order valence-electron chi connectivity index (χ0n) is 12.3. The van der Waals surface area contributed by atoms with Crippen molar-refractivity contribution in [3.05, 3.63) is 29.3 Å². The second kappa shape index (κ2) is 7.22. The number of carboxylic acid groups (broad SMARTS) is 1. The Morgan fingerprint density at radius 3 is 2.86 bits per heavy atom. The molecule has 1 atom stereocenters. The predicted molar refractivity (Wildman–Crippen MR) is 81.6 cm³/mol. The summed E-state index contributed by atoms with van der Waals surface area (Å²) in [5.41, 5.74) is 1.69. The fourth-order valence-corrected chi connectivity index (χ4v) is 2.66. The minimum Gasteiger partial charge on any atom is -0.478 e. The topological polar surface area (TPSA) is 78.4 Å². The van der Waals surface area contributed by atoms with E-state index in [1.54, 1.807) is 19.1 Å². The van der Waals surface area contributed by atoms with E-state index < -0.39 is 5.97 Å². The summed E-state index contributed by atoms with van der Waals surface area (Å²) in [4.78, 5) is 22.8. The smallest absolute Gasteiger partial charge is 0.335 e. The lowest BCUT2D eigenvalue weighted by molar-refractivity contribution is -0.116. The fourth-order valence-electron chi connectivity index (χ4n) is 2.66. The van der Waals surface area contributed by atoms with Gasteiger partial charge in [0.15, 0.2) is 0 Å². The number of piperidine rings is 1. The maximum atomic E-state index is 12.0. The summed E-state index contributed by atoms with van der Waals surface area (Å²) in [5, 5.41) is 15.1. The molecule has 1 unspecified atom stereocenters. The number of carbonyl (C=O) groups excluding carboxylic acids is 1. The van der Waals surface area contributed by atoms with E-state index in [-0.39, 0.29) is 11.5 Å². The van der Waals surface area contributed by atoms with Crippen molar-refractivity contribution in [1.82, 2.24) is 5.32 Å². The summed E-state index contributed by atoms with van der Waals surface area (Å²) in [7, 11) is 0. The predicted octanol–water partition coefficient (Wildman–Crippen LogP) is 2.41. The van der Waals surface area contributed by atoms with Crippen molar-refractivity contribution >= 4 is 17.6 Å². The Hall–Kier alpha value is -1.88. The van der Waals surface area contributed by atoms with Crippen LogP contribution in [0.15, 0.2) is 18.2 Å². The van der Waals surface area contributed by atoms with Crippen molar-refractivity contribution in [3.63, 3.8) is 0 Å². The van der Waals surface area contributed by atoms with Crippen LogP contribution in [0.3, 0.4) is 0 Å². The molecule has 1 heterocycles. The summed E-state index contributed by atoms with van der Waals surface area (Å²) >= 11 is 0. The molecule has 3 N–H and O–H groups in total. The third-order valence-corrected chi connectivity index (χ3v) is 3.93. The largest absolute Gasteiger partial charge is 0.478 e. The molecule has 1 fully saturated rings. The maximum absolute atomic E-state index is 12.0. The first kappa shape index (κ1) is 15.5. The van der Waals surface area contributed by atoms with Gasteiger partial charge in [-0.25, -0.2) is 4.79 Å². The summed E-state index contributed by atoms with van der Waals surface area (Å²) in [6.45, 7) is 3.88. The second-order valence-electron chi connectivity index (χ2n) is 5.63. The van der Waals surface area contributed by atoms with E-state index in [0.29, 0.717) is 18.0 Å². The Bertz CT molecular complexity index is 522. The van der Waals surface area contributed by atoms with Crippen LogP contribution in [-0.2, 0) is 4.79 Å². The molecule has 1 amide bonds. The highest BCUT2D eigenvalue weighted by Crippen LogP contribution is 2.19. The number of hydrogen-bond donors (Lipinski definition) is 3. The van der Waals surface area contributed by atoms with Gasteiger partial charge in [0.05, 0.1) is 5.56 Å². The van der Waals surface area contributed by atoms with E-state index in [1.807, 2.05) is 0 Å². The first-order chi connectivity index (χ1) is 10.1. The van der Waals surface area contributed by atoms with E-state index >= 15 is 0 Å². The fraction of sp³-hybridized carbons (Fsp3) is 0.500. The molecule has 1 aromatic carbocycles. The van der Waals surface area contributed by atoms with Crippen molar-refractivity contribution < 1.29 is 14.7 Å². The van der Waals surface area contributed by atoms with E-state index in [1.165, 1.54) is 18.9 Å². The molecule has 21 heavy (non-hydrogen) atoms. The van der Waals surface area contributed by atoms with Crippen LogP contribution in [0.4, 0.5) is 5.69 Å². The van der Waals surface area contributed by atoms with Gasteiger partial charge < -0.3 is 15.7 Å². The minimum atomic E-state index is -0.958. The Morgan fingerprint density at radius 1 is 1.43 bits per heavy atom. The van der Waals surface area contributed by atoms with Crippen LogP contribution in [0.2, 0.25) is 0 Å². The third-order valence-electron chi connectivity index (χ3n) is 3.93. The highest BCUT2D eigenvalue weighted by molar-refractivity contribution is 5.93. The molecular weight excluding hydrogens is 268 g/mol. The van der Waals surface area contributed by atoms with Gasteiger partial charge in [-0.2, -0.15) is 0 Å². The number of nitrogens with one attached hydrogen (secondary N) is 2. The molecule has 1 aromatic rings. The molecular formula is C16H22N2O3. The monoisotopic (exact) mass is 290 g/mol. The van der Waals surface area contributed by atoms with Gasteiger partial charge >= 0.3 is 5.97 Å². The van der Waals surface area contributed by atoms with Gasteiger partial charge in [-0.05, 0) is 69.0 Å². The summed E-state index contributed by atoms with van der Waals surface area (Å²) in [5.74, 6) is -0.382. The van der Waals surface area contributed by atoms with Crippen LogP contribution >= 0.6 is 0 Å². The van der Waals surface area contributed by atoms with E-state index in [2.05, 4.69) is 10.6 Å². The normalized spacial score (nSPS) is 18.2. The minimum absolute atomic E-state index is 0.00764. The van der Waals surface area contributed by atoms with Crippen LogP contribution in [-0.4, -0.2) is 30.1 Å². The zero-order valence-corrected chi connectivity index (χ0v) is 12.3. The number of aromatic carboxylic acids is 1. The average Bonchev–Trinajstić information content (AvgIpc) is 2.48. The number of benzene rings is 1. The standard InChI is InChI=1S/C16H22N2O3/c1-11-9-13(16(20)21)5-6-14(11)18-15(19)7-4-12-3-2-8-17-10-12/h5-6,9,12,17H,2-4,7-8,10H2,1H3,(H,18,19)(H,20,21). The molecule has 114 valence electrons. The molecule has 1 aliphatic rings. The molecule has 0 spiro atoms. The molecule has 5 nitrogen and oxygen atoms in total. The van der Waals surface area contributed by atoms with E-state index in [0.717, 1.165) is 25.1 Å². The SMILES string of the molecule is Cc1cc(C(=O)O)ccc1NC(=O)CCC1CCCNC1. The third kappa shape index (κ3) is 4.56. The average molecular weight is 290 g/mol. The van der Waals surface area contributed by atoms with Crippen LogP contribution in [0.5, 0.6) is 0 Å². The lowest BCUT2D eigenvalue weighted by Gasteiger charge is -2.22. The van der Waals surface area contributed by atoms with Gasteiger partial charge in [-0.1, -0.05) is 0 Å². The Kier molecular flexibility index (Phi) is 5.33. The van der Waals surface area contributed by atoms with Crippen molar-refractivity contribution in [2.75, 3.05) is 18.4 Å². The van der Waals surface area contributed by atoms with Gasteiger partial charge in [-0.15, -0.1) is 0 Å². The van der Waals surface area contributed by atoms with Crippen LogP contribution in [0.1, 0.15) is 41.6 Å². The molecule has 0 radical (unpaired) electrons. The van der Waals surface area contributed by atoms with Gasteiger partial charge in [0, 0.05) is 12.1 Å². The van der Waals surface area contributed by atoms with Crippen LogP contribution in [0, 0.1) is 12.8 Å². The highest BCUT2D eigenvalue weighted by atomic mass is 16.4. The Morgan fingerprint density at radius 2 is 2.24 bits per heavy atom. The number of rotatable bonds is 5. The van der Waals surface area contributed by atoms with E-state index in [4.69, 9.17) is 5.11 Å². The Balaban J connectivity index is 1.85. The van der Waals surface area contributed by atoms with Gasteiger partial charge in [0.25, 0.3) is 0 Å². The van der Waals surface area contributed by atoms with Crippen molar-refractivity contribution in [2.24, 2.45) is 5.92 Å². The summed E-state index contributed by atoms with van der Waals surface area (Å²) in [6.07, 6.45) is 3.77. The molecule has 1 aliphatic heterocycles. The number of aryl methyl sites for hydroxylation is 1. The molecule has 5 heteroatoms. The molecule has 1 saturated heterocycles. The van der Waals surface area contributed by atoms with Crippen LogP contribution in [0.25, 0.3) is 0 Å². The number of carboxylic acids is 1. The molecule has 0 aliphatic carbocycles. The summed E-state index contributed by atoms with van der Waals surface area (Å²) in [6, 6.07) is 4.73. The van der Waals surface area contributed by atoms with Gasteiger partial charge in [0.2, 0.25) is 5.91 Å². The highest BCUT2D eigenvalue weighted by Gasteiger charge is 2.15. The van der Waals surface area contributed by atoms with Gasteiger partial charge in [0.1, 0.15) is 0 Å². The van der Waals surface area contributed by atoms with Gasteiger partial charge in [-0.3, -0.25) is 4.79 Å². The number of amides is 1. The van der Waals surface area contributed by atoms with E-state index in [9.17, 15) is 9.59 Å².